The first kappa shape index (κ1) is 35.1. The fraction of sp³-hybridized carbons (Fsp3) is 0.833. The maximum Gasteiger partial charge on any atom is 0.306 e. The fourth-order valence-corrected chi connectivity index (χ4v) is 4.51. The molecular formula is C30H56NO6+. The van der Waals surface area contributed by atoms with Gasteiger partial charge in [-0.15, -0.1) is 0 Å². The monoisotopic (exact) mass is 526 g/mol. The molecule has 0 aromatic heterocycles. The van der Waals surface area contributed by atoms with Crippen LogP contribution in [0, 0.1) is 17.8 Å². The van der Waals surface area contributed by atoms with Crippen molar-refractivity contribution in [3.8, 4) is 0 Å². The van der Waals surface area contributed by atoms with Crippen LogP contribution in [0.4, 0.5) is 0 Å². The third-order valence-corrected chi connectivity index (χ3v) is 7.68. The highest BCUT2D eigenvalue weighted by Gasteiger charge is 2.30. The van der Waals surface area contributed by atoms with Gasteiger partial charge in [0.1, 0.15) is 0 Å². The lowest BCUT2D eigenvalue weighted by molar-refractivity contribution is -0.881. The molecule has 0 rings (SSSR count). The molecule has 3 N–H and O–H groups in total. The zero-order valence-electron chi connectivity index (χ0n) is 24.1. The molecule has 0 radical (unpaired) electrons. The Morgan fingerprint density at radius 1 is 0.595 bits per heavy atom. The summed E-state index contributed by atoms with van der Waals surface area (Å²) in [6.45, 7) is 8.97. The highest BCUT2D eigenvalue weighted by atomic mass is 16.4. The number of unbranched alkanes of at least 4 members (excludes halogenated alkanes) is 11. The first-order valence-corrected chi connectivity index (χ1v) is 14.8. The molecule has 7 heteroatoms. The van der Waals surface area contributed by atoms with Gasteiger partial charge in [-0.1, -0.05) is 91.9 Å². The van der Waals surface area contributed by atoms with Crippen LogP contribution in [-0.4, -0.2) is 57.3 Å². The van der Waals surface area contributed by atoms with E-state index in [1.165, 1.54) is 64.2 Å². The third-order valence-electron chi connectivity index (χ3n) is 7.68. The van der Waals surface area contributed by atoms with E-state index in [9.17, 15) is 29.7 Å². The molecule has 0 aromatic rings. The molecule has 0 saturated carbocycles. The number of rotatable bonds is 25. The molecule has 0 aliphatic heterocycles. The Hall–Kier alpha value is -1.89. The maximum absolute atomic E-state index is 11.4. The lowest BCUT2D eigenvalue weighted by atomic mass is 10.0. The van der Waals surface area contributed by atoms with Crippen molar-refractivity contribution >= 4 is 17.9 Å². The van der Waals surface area contributed by atoms with Crippen molar-refractivity contribution in [3.63, 3.8) is 0 Å². The van der Waals surface area contributed by atoms with Gasteiger partial charge in [-0.25, -0.2) is 0 Å². The first-order valence-electron chi connectivity index (χ1n) is 14.8. The molecule has 0 aromatic carbocycles. The summed E-state index contributed by atoms with van der Waals surface area (Å²) < 4.78 is 0.435. The van der Waals surface area contributed by atoms with Gasteiger partial charge in [0, 0.05) is 19.3 Å². The number of aliphatic carboxylic acids is 3. The van der Waals surface area contributed by atoms with Crippen molar-refractivity contribution < 1.29 is 34.2 Å². The number of hydrogen-bond donors (Lipinski definition) is 3. The lowest BCUT2D eigenvalue weighted by Gasteiger charge is -2.37. The molecule has 0 saturated heterocycles. The number of carboxylic acid groups (broad SMARTS) is 3. The number of quaternary nitrogens is 1. The zero-order valence-corrected chi connectivity index (χ0v) is 24.1. The Morgan fingerprint density at radius 2 is 0.919 bits per heavy atom. The van der Waals surface area contributed by atoms with Crippen molar-refractivity contribution in [3.05, 3.63) is 12.3 Å². The molecule has 0 amide bonds. The van der Waals surface area contributed by atoms with Crippen LogP contribution < -0.4 is 0 Å². The predicted octanol–water partition coefficient (Wildman–Crippen LogP) is 7.35. The van der Waals surface area contributed by atoms with Gasteiger partial charge in [0.05, 0.1) is 43.6 Å². The molecule has 0 aliphatic carbocycles. The maximum atomic E-state index is 11.4. The van der Waals surface area contributed by atoms with E-state index in [-0.39, 0.29) is 0 Å². The van der Waals surface area contributed by atoms with Gasteiger partial charge >= 0.3 is 17.9 Å². The van der Waals surface area contributed by atoms with Gasteiger partial charge < -0.3 is 15.3 Å². The summed E-state index contributed by atoms with van der Waals surface area (Å²) in [6.07, 6.45) is 20.7. The van der Waals surface area contributed by atoms with Gasteiger partial charge in [0.25, 0.3) is 0 Å². The smallest absolute Gasteiger partial charge is 0.306 e. The summed E-state index contributed by atoms with van der Waals surface area (Å²) in [6, 6.07) is 0. The van der Waals surface area contributed by atoms with Crippen molar-refractivity contribution in [1.82, 2.24) is 0 Å². The quantitative estimate of drug-likeness (QED) is 0.0847. The van der Waals surface area contributed by atoms with Gasteiger partial charge in [-0.2, -0.15) is 0 Å². The first-order chi connectivity index (χ1) is 17.5. The van der Waals surface area contributed by atoms with E-state index in [2.05, 4.69) is 19.2 Å². The molecule has 0 heterocycles. The second kappa shape index (κ2) is 21.1. The van der Waals surface area contributed by atoms with Crippen LogP contribution in [0.25, 0.3) is 0 Å². The van der Waals surface area contributed by atoms with Crippen LogP contribution in [0.2, 0.25) is 0 Å². The van der Waals surface area contributed by atoms with Gasteiger partial charge in [0.15, 0.2) is 0 Å². The topological polar surface area (TPSA) is 112 Å². The molecule has 7 nitrogen and oxygen atoms in total. The van der Waals surface area contributed by atoms with E-state index in [0.717, 1.165) is 12.8 Å². The largest absolute Gasteiger partial charge is 0.481 e. The summed E-state index contributed by atoms with van der Waals surface area (Å²) in [7, 11) is 0. The van der Waals surface area contributed by atoms with E-state index in [1.807, 2.05) is 0 Å². The summed E-state index contributed by atoms with van der Waals surface area (Å²) in [4.78, 5) is 34.3. The van der Waals surface area contributed by atoms with E-state index >= 15 is 0 Å². The SMILES string of the molecule is CCCCCCCCCCCCC/C=C/[N+](CCC(C)C(=O)O)(CCC(C)C(=O)O)CCC(C)C(=O)O. The van der Waals surface area contributed by atoms with Crippen LogP contribution in [-0.2, 0) is 14.4 Å². The standard InChI is InChI=1S/C30H55NO6/c1-5-6-7-8-9-10-11-12-13-14-15-16-17-21-31(22-18-25(2)28(32)33,23-19-26(3)29(34)35)24-20-27(4)30(36)37/h17,21,25-27H,5-16,18-20,22-24H2,1-4H3,(H2-,32,33,34,35,36,37)/p+1/b21-17+. The fourth-order valence-electron chi connectivity index (χ4n) is 4.51. The Kier molecular flexibility index (Phi) is 20.0. The Balaban J connectivity index is 4.97. The normalized spacial score (nSPS) is 15.8. The lowest BCUT2D eigenvalue weighted by Crippen LogP contribution is -2.47. The number of carboxylic acids is 3. The molecule has 0 aliphatic rings. The molecule has 0 spiro atoms. The molecule has 37 heavy (non-hydrogen) atoms. The molecular weight excluding hydrogens is 470 g/mol. The Labute approximate surface area is 225 Å². The minimum absolute atomic E-state index is 0.435. The van der Waals surface area contributed by atoms with Crippen molar-refractivity contribution in [2.45, 2.75) is 124 Å². The average Bonchev–Trinajstić information content (AvgIpc) is 2.86. The van der Waals surface area contributed by atoms with E-state index in [1.54, 1.807) is 20.8 Å². The molecule has 216 valence electrons. The molecule has 3 unspecified atom stereocenters. The number of nitrogens with zero attached hydrogens (tertiary/aromatic N) is 1. The van der Waals surface area contributed by atoms with E-state index in [0.29, 0.717) is 43.4 Å². The molecule has 0 fully saturated rings. The summed E-state index contributed by atoms with van der Waals surface area (Å²) in [5, 5.41) is 28.1. The Bertz CT molecular complexity index is 603. The minimum Gasteiger partial charge on any atom is -0.481 e. The van der Waals surface area contributed by atoms with E-state index < -0.39 is 35.7 Å². The highest BCUT2D eigenvalue weighted by molar-refractivity contribution is 5.70. The van der Waals surface area contributed by atoms with Crippen molar-refractivity contribution in [2.24, 2.45) is 17.8 Å². The average molecular weight is 527 g/mol. The minimum atomic E-state index is -0.846. The summed E-state index contributed by atoms with van der Waals surface area (Å²) >= 11 is 0. The molecule has 3 atom stereocenters. The second-order valence-corrected chi connectivity index (χ2v) is 11.2. The van der Waals surface area contributed by atoms with Gasteiger partial charge in [0.2, 0.25) is 0 Å². The van der Waals surface area contributed by atoms with Crippen LogP contribution in [0.15, 0.2) is 12.3 Å². The zero-order chi connectivity index (χ0) is 28.1. The van der Waals surface area contributed by atoms with Crippen molar-refractivity contribution in [1.29, 1.82) is 0 Å². The van der Waals surface area contributed by atoms with Gasteiger partial charge in [-0.05, 0) is 18.9 Å². The molecule has 0 bridgehead atoms. The highest BCUT2D eigenvalue weighted by Crippen LogP contribution is 2.21. The Morgan fingerprint density at radius 3 is 1.24 bits per heavy atom. The predicted molar refractivity (Wildman–Crippen MR) is 149 cm³/mol. The number of hydrogen-bond acceptors (Lipinski definition) is 3. The van der Waals surface area contributed by atoms with Crippen LogP contribution in [0.5, 0.6) is 0 Å². The number of allylic oxidation sites excluding steroid dienone is 1. The van der Waals surface area contributed by atoms with Crippen LogP contribution in [0.3, 0.4) is 0 Å². The third kappa shape index (κ3) is 18.1. The van der Waals surface area contributed by atoms with Crippen molar-refractivity contribution in [2.75, 3.05) is 19.6 Å². The van der Waals surface area contributed by atoms with E-state index in [4.69, 9.17) is 0 Å². The summed E-state index contributed by atoms with van der Waals surface area (Å²) in [5.74, 6) is -4.06. The summed E-state index contributed by atoms with van der Waals surface area (Å²) in [5.41, 5.74) is 0. The van der Waals surface area contributed by atoms with Crippen LogP contribution >= 0.6 is 0 Å². The number of carbonyl (C=O) groups is 3. The van der Waals surface area contributed by atoms with Gasteiger partial charge in [-0.3, -0.25) is 18.9 Å². The second-order valence-electron chi connectivity index (χ2n) is 11.2. The van der Waals surface area contributed by atoms with Crippen LogP contribution in [0.1, 0.15) is 124 Å².